The van der Waals surface area contributed by atoms with Gasteiger partial charge in [-0.25, -0.2) is 4.98 Å². The Labute approximate surface area is 299 Å². The monoisotopic (exact) mass is 670 g/mol. The highest BCUT2D eigenvalue weighted by Gasteiger charge is 2.19. The first-order valence-electron chi connectivity index (χ1n) is 17.1. The van der Waals surface area contributed by atoms with E-state index < -0.39 is 0 Å². The Morgan fingerprint density at radius 1 is 0.451 bits per heavy atom. The van der Waals surface area contributed by atoms with Crippen molar-refractivity contribution in [3.05, 3.63) is 182 Å². The van der Waals surface area contributed by atoms with E-state index in [9.17, 15) is 0 Å². The molecule has 0 saturated heterocycles. The highest BCUT2D eigenvalue weighted by Crippen LogP contribution is 2.43. The highest BCUT2D eigenvalue weighted by molar-refractivity contribution is 7.22. The first-order valence-corrected chi connectivity index (χ1v) is 17.9. The summed E-state index contributed by atoms with van der Waals surface area (Å²) < 4.78 is 7.73. The molecule has 240 valence electrons. The molecule has 0 spiro atoms. The third kappa shape index (κ3) is 5.16. The third-order valence-electron chi connectivity index (χ3n) is 9.71. The molecule has 0 atom stereocenters. The van der Waals surface area contributed by atoms with Gasteiger partial charge in [0.15, 0.2) is 0 Å². The molecule has 10 rings (SSSR count). The van der Waals surface area contributed by atoms with Crippen LogP contribution in [0.15, 0.2) is 186 Å². The summed E-state index contributed by atoms with van der Waals surface area (Å²) in [7, 11) is 0. The van der Waals surface area contributed by atoms with Gasteiger partial charge in [-0.05, 0) is 81.6 Å². The van der Waals surface area contributed by atoms with Gasteiger partial charge in [0.2, 0.25) is 0 Å². The van der Waals surface area contributed by atoms with Gasteiger partial charge in [0.25, 0.3) is 0 Å². The second-order valence-corrected chi connectivity index (χ2v) is 13.8. The number of nitrogens with zero attached hydrogens (tertiary/aromatic N) is 2. The zero-order valence-corrected chi connectivity index (χ0v) is 28.3. The smallest absolute Gasteiger partial charge is 0.137 e. The first-order chi connectivity index (χ1) is 25.3. The second-order valence-electron chi connectivity index (χ2n) is 12.8. The molecular formula is C47H30N2OS. The fraction of sp³-hybridized carbons (Fsp3) is 0. The van der Waals surface area contributed by atoms with Crippen molar-refractivity contribution < 1.29 is 4.42 Å². The number of anilines is 3. The van der Waals surface area contributed by atoms with E-state index in [1.54, 1.807) is 11.3 Å². The predicted molar refractivity (Wildman–Crippen MR) is 215 cm³/mol. The van der Waals surface area contributed by atoms with E-state index >= 15 is 0 Å². The zero-order valence-electron chi connectivity index (χ0n) is 27.5. The second kappa shape index (κ2) is 12.1. The van der Waals surface area contributed by atoms with E-state index in [4.69, 9.17) is 9.40 Å². The minimum atomic E-state index is 0.850. The van der Waals surface area contributed by atoms with Gasteiger partial charge in [-0.2, -0.15) is 0 Å². The normalized spacial score (nSPS) is 11.5. The molecule has 3 nitrogen and oxygen atoms in total. The molecule has 4 heteroatoms. The molecule has 8 aromatic carbocycles. The van der Waals surface area contributed by atoms with Crippen LogP contribution in [0.4, 0.5) is 17.1 Å². The summed E-state index contributed by atoms with van der Waals surface area (Å²) in [6, 6.07) is 64.4. The van der Waals surface area contributed by atoms with Crippen molar-refractivity contribution in [2.45, 2.75) is 0 Å². The van der Waals surface area contributed by atoms with Crippen LogP contribution in [-0.2, 0) is 0 Å². The molecule has 0 unspecified atom stereocenters. The van der Waals surface area contributed by atoms with Crippen LogP contribution in [-0.4, -0.2) is 4.98 Å². The summed E-state index contributed by atoms with van der Waals surface area (Å²) in [5.41, 5.74) is 11.8. The maximum atomic E-state index is 6.59. The highest BCUT2D eigenvalue weighted by atomic mass is 32.1. The van der Waals surface area contributed by atoms with Crippen LogP contribution in [0.2, 0.25) is 0 Å². The van der Waals surface area contributed by atoms with Crippen molar-refractivity contribution in [1.29, 1.82) is 0 Å². The maximum Gasteiger partial charge on any atom is 0.137 e. The number of rotatable bonds is 6. The van der Waals surface area contributed by atoms with Crippen LogP contribution in [0.25, 0.3) is 75.8 Å². The molecule has 0 amide bonds. The summed E-state index contributed by atoms with van der Waals surface area (Å²) in [4.78, 5) is 7.30. The summed E-state index contributed by atoms with van der Waals surface area (Å²) in [6.07, 6.45) is 0. The SMILES string of the molecule is c1ccc(-c2ccc(N(c3ccc(-c4cccc5ccccc45)cc3)c3ccc4c(c3)oc3ccc5nc(-c6ccccc6)sc5c34)cc2)cc1. The van der Waals surface area contributed by atoms with Crippen LogP contribution in [0, 0.1) is 0 Å². The Morgan fingerprint density at radius 2 is 1.08 bits per heavy atom. The number of thiazole rings is 1. The van der Waals surface area contributed by atoms with Gasteiger partial charge in [-0.3, -0.25) is 0 Å². The minimum absolute atomic E-state index is 0.850. The summed E-state index contributed by atoms with van der Waals surface area (Å²) in [5.74, 6) is 0. The van der Waals surface area contributed by atoms with Gasteiger partial charge in [0, 0.05) is 39.5 Å². The molecule has 0 fully saturated rings. The molecule has 0 aliphatic carbocycles. The summed E-state index contributed by atoms with van der Waals surface area (Å²) >= 11 is 1.72. The lowest BCUT2D eigenvalue weighted by Gasteiger charge is -2.26. The number of hydrogen-bond donors (Lipinski definition) is 0. The number of aromatic nitrogens is 1. The molecule has 10 aromatic rings. The number of hydrogen-bond acceptors (Lipinski definition) is 4. The van der Waals surface area contributed by atoms with E-state index in [-0.39, 0.29) is 0 Å². The molecule has 0 N–H and O–H groups in total. The Bertz CT molecular complexity index is 2830. The number of fused-ring (bicyclic) bond motifs is 6. The Morgan fingerprint density at radius 3 is 1.84 bits per heavy atom. The van der Waals surface area contributed by atoms with Crippen molar-refractivity contribution >= 4 is 71.3 Å². The Hall–Kier alpha value is -6.49. The fourth-order valence-electron chi connectivity index (χ4n) is 7.23. The molecule has 2 aromatic heterocycles. The molecular weight excluding hydrogens is 641 g/mol. The Kier molecular flexibility index (Phi) is 7.00. The van der Waals surface area contributed by atoms with Crippen LogP contribution in [0.3, 0.4) is 0 Å². The average molecular weight is 671 g/mol. The zero-order chi connectivity index (χ0) is 33.7. The minimum Gasteiger partial charge on any atom is -0.456 e. The topological polar surface area (TPSA) is 29.3 Å². The van der Waals surface area contributed by atoms with Gasteiger partial charge in [-0.1, -0.05) is 127 Å². The van der Waals surface area contributed by atoms with Crippen molar-refractivity contribution in [2.24, 2.45) is 0 Å². The van der Waals surface area contributed by atoms with Crippen LogP contribution < -0.4 is 4.90 Å². The van der Waals surface area contributed by atoms with Gasteiger partial charge in [0.1, 0.15) is 16.2 Å². The lowest BCUT2D eigenvalue weighted by Crippen LogP contribution is -2.09. The van der Waals surface area contributed by atoms with Crippen molar-refractivity contribution in [1.82, 2.24) is 4.98 Å². The fourth-order valence-corrected chi connectivity index (χ4v) is 8.35. The van der Waals surface area contributed by atoms with Gasteiger partial charge >= 0.3 is 0 Å². The molecule has 0 bridgehead atoms. The van der Waals surface area contributed by atoms with E-state index in [1.807, 2.05) is 6.07 Å². The number of furan rings is 1. The third-order valence-corrected chi connectivity index (χ3v) is 10.8. The first kappa shape index (κ1) is 29.4. The van der Waals surface area contributed by atoms with Gasteiger partial charge < -0.3 is 9.32 Å². The molecule has 0 radical (unpaired) electrons. The predicted octanol–water partition coefficient (Wildman–Crippen LogP) is 13.8. The van der Waals surface area contributed by atoms with Gasteiger partial charge in [-0.15, -0.1) is 11.3 Å². The largest absolute Gasteiger partial charge is 0.456 e. The molecule has 0 aliphatic rings. The summed E-state index contributed by atoms with van der Waals surface area (Å²) in [6.45, 7) is 0. The van der Waals surface area contributed by atoms with E-state index in [1.165, 1.54) is 33.0 Å². The maximum absolute atomic E-state index is 6.59. The lowest BCUT2D eigenvalue weighted by molar-refractivity contribution is 0.669. The average Bonchev–Trinajstić information content (AvgIpc) is 3.81. The molecule has 0 saturated carbocycles. The standard InChI is InChI=1S/C47H30N2OS/c1-3-10-31(11-4-1)32-18-22-36(23-19-32)49(37-24-20-34(21-25-37)40-17-9-15-33-12-7-8-16-39(33)40)38-26-27-41-44(30-38)50-43-29-28-42-46(45(41)43)51-47(48-42)35-13-5-2-6-14-35/h1-30H. The van der Waals surface area contributed by atoms with Crippen LogP contribution in [0.5, 0.6) is 0 Å². The van der Waals surface area contributed by atoms with Crippen LogP contribution >= 0.6 is 11.3 Å². The lowest BCUT2D eigenvalue weighted by atomic mass is 9.98. The van der Waals surface area contributed by atoms with Crippen molar-refractivity contribution in [2.75, 3.05) is 4.90 Å². The molecule has 2 heterocycles. The summed E-state index contributed by atoms with van der Waals surface area (Å²) in [5, 5.41) is 5.72. The number of benzene rings is 8. The quantitative estimate of drug-likeness (QED) is 0.176. The van der Waals surface area contributed by atoms with E-state index in [0.29, 0.717) is 0 Å². The van der Waals surface area contributed by atoms with Crippen molar-refractivity contribution in [3.63, 3.8) is 0 Å². The van der Waals surface area contributed by atoms with Crippen LogP contribution in [0.1, 0.15) is 0 Å². The van der Waals surface area contributed by atoms with Gasteiger partial charge in [0.05, 0.1) is 10.2 Å². The Balaban J connectivity index is 1.10. The molecule has 51 heavy (non-hydrogen) atoms. The van der Waals surface area contributed by atoms with E-state index in [2.05, 4.69) is 181 Å². The van der Waals surface area contributed by atoms with Crippen molar-refractivity contribution in [3.8, 4) is 32.8 Å². The van der Waals surface area contributed by atoms with E-state index in [0.717, 1.165) is 59.8 Å². The molecule has 0 aliphatic heterocycles.